The Labute approximate surface area is 163 Å². The van der Waals surface area contributed by atoms with E-state index in [2.05, 4.69) is 10.6 Å². The van der Waals surface area contributed by atoms with Crippen LogP contribution in [0.3, 0.4) is 0 Å². The highest BCUT2D eigenvalue weighted by Gasteiger charge is 2.09. The zero-order valence-electron chi connectivity index (χ0n) is 14.9. The van der Waals surface area contributed by atoms with Crippen molar-refractivity contribution in [3.8, 4) is 0 Å². The van der Waals surface area contributed by atoms with Gasteiger partial charge >= 0.3 is 0 Å². The SMILES string of the molecule is Cc1ccccc1C(=O)Nc1ccc(SCC(=O)Nc2ccccc2)cc1. The molecule has 0 radical (unpaired) electrons. The van der Waals surface area contributed by atoms with E-state index in [9.17, 15) is 9.59 Å². The van der Waals surface area contributed by atoms with Gasteiger partial charge in [0.15, 0.2) is 0 Å². The van der Waals surface area contributed by atoms with E-state index >= 15 is 0 Å². The Balaban J connectivity index is 1.52. The second-order valence-corrected chi connectivity index (χ2v) is 7.05. The van der Waals surface area contributed by atoms with Gasteiger partial charge in [-0.05, 0) is 55.0 Å². The molecule has 0 aliphatic rings. The van der Waals surface area contributed by atoms with Crippen molar-refractivity contribution in [2.45, 2.75) is 11.8 Å². The van der Waals surface area contributed by atoms with Crippen molar-refractivity contribution in [3.63, 3.8) is 0 Å². The van der Waals surface area contributed by atoms with Crippen LogP contribution >= 0.6 is 11.8 Å². The fourth-order valence-electron chi connectivity index (χ4n) is 2.53. The molecule has 27 heavy (non-hydrogen) atoms. The fraction of sp³-hybridized carbons (Fsp3) is 0.0909. The number of amides is 2. The van der Waals surface area contributed by atoms with Crippen LogP contribution in [0, 0.1) is 6.92 Å². The van der Waals surface area contributed by atoms with E-state index in [0.29, 0.717) is 11.3 Å². The van der Waals surface area contributed by atoms with Crippen LogP contribution in [-0.2, 0) is 4.79 Å². The van der Waals surface area contributed by atoms with E-state index in [1.165, 1.54) is 11.8 Å². The summed E-state index contributed by atoms with van der Waals surface area (Å²) in [7, 11) is 0. The molecular weight excluding hydrogens is 356 g/mol. The van der Waals surface area contributed by atoms with Crippen LogP contribution in [0.5, 0.6) is 0 Å². The van der Waals surface area contributed by atoms with Crippen molar-refractivity contribution >= 4 is 35.0 Å². The smallest absolute Gasteiger partial charge is 0.255 e. The third-order valence-corrected chi connectivity index (χ3v) is 4.94. The summed E-state index contributed by atoms with van der Waals surface area (Å²) in [4.78, 5) is 25.3. The van der Waals surface area contributed by atoms with Crippen LogP contribution in [-0.4, -0.2) is 17.6 Å². The van der Waals surface area contributed by atoms with Crippen molar-refractivity contribution in [2.75, 3.05) is 16.4 Å². The predicted octanol–water partition coefficient (Wildman–Crippen LogP) is 4.98. The molecule has 3 rings (SSSR count). The van der Waals surface area contributed by atoms with E-state index in [1.54, 1.807) is 6.07 Å². The minimum atomic E-state index is -0.129. The Bertz CT molecular complexity index is 925. The van der Waals surface area contributed by atoms with Gasteiger partial charge in [-0.2, -0.15) is 0 Å². The van der Waals surface area contributed by atoms with Gasteiger partial charge in [0.25, 0.3) is 5.91 Å². The highest BCUT2D eigenvalue weighted by molar-refractivity contribution is 8.00. The number of benzene rings is 3. The van der Waals surface area contributed by atoms with Gasteiger partial charge in [0, 0.05) is 21.8 Å². The lowest BCUT2D eigenvalue weighted by molar-refractivity contribution is -0.113. The number of carbonyl (C=O) groups excluding carboxylic acids is 2. The molecule has 2 amide bonds. The highest BCUT2D eigenvalue weighted by atomic mass is 32.2. The number of anilines is 2. The molecule has 0 aliphatic carbocycles. The number of hydrogen-bond donors (Lipinski definition) is 2. The number of aryl methyl sites for hydroxylation is 1. The lowest BCUT2D eigenvalue weighted by Gasteiger charge is -2.08. The molecular formula is C22H20N2O2S. The Kier molecular flexibility index (Phi) is 6.28. The lowest BCUT2D eigenvalue weighted by atomic mass is 10.1. The maximum atomic E-state index is 12.3. The van der Waals surface area contributed by atoms with E-state index in [4.69, 9.17) is 0 Å². The molecule has 0 spiro atoms. The summed E-state index contributed by atoms with van der Waals surface area (Å²) in [5, 5.41) is 5.75. The third kappa shape index (κ3) is 5.46. The van der Waals surface area contributed by atoms with E-state index < -0.39 is 0 Å². The van der Waals surface area contributed by atoms with Gasteiger partial charge in [-0.3, -0.25) is 9.59 Å². The average Bonchev–Trinajstić information content (AvgIpc) is 2.68. The molecule has 0 unspecified atom stereocenters. The van der Waals surface area contributed by atoms with Crippen LogP contribution in [0.4, 0.5) is 11.4 Å². The molecule has 0 aromatic heterocycles. The van der Waals surface area contributed by atoms with Crippen molar-refractivity contribution in [2.24, 2.45) is 0 Å². The first kappa shape index (κ1) is 18.7. The largest absolute Gasteiger partial charge is 0.325 e. The molecule has 0 atom stereocenters. The second kappa shape index (κ2) is 9.05. The van der Waals surface area contributed by atoms with Gasteiger partial charge < -0.3 is 10.6 Å². The lowest BCUT2D eigenvalue weighted by Crippen LogP contribution is -2.14. The molecule has 0 fully saturated rings. The molecule has 2 N–H and O–H groups in total. The van der Waals surface area contributed by atoms with Crippen molar-refractivity contribution in [1.82, 2.24) is 0 Å². The van der Waals surface area contributed by atoms with Crippen LogP contribution < -0.4 is 10.6 Å². The molecule has 0 heterocycles. The van der Waals surface area contributed by atoms with Crippen LogP contribution in [0.1, 0.15) is 15.9 Å². The Morgan fingerprint density at radius 3 is 2.11 bits per heavy atom. The van der Waals surface area contributed by atoms with Gasteiger partial charge in [-0.25, -0.2) is 0 Å². The molecule has 0 saturated heterocycles. The minimum absolute atomic E-state index is 0.0527. The summed E-state index contributed by atoms with van der Waals surface area (Å²) in [6, 6.07) is 24.3. The molecule has 3 aromatic rings. The second-order valence-electron chi connectivity index (χ2n) is 6.00. The zero-order chi connectivity index (χ0) is 19.1. The number of thioether (sulfide) groups is 1. The number of rotatable bonds is 6. The summed E-state index contributed by atoms with van der Waals surface area (Å²) >= 11 is 1.45. The summed E-state index contributed by atoms with van der Waals surface area (Å²) in [5.41, 5.74) is 3.11. The van der Waals surface area contributed by atoms with Gasteiger partial charge in [-0.1, -0.05) is 36.4 Å². The highest BCUT2D eigenvalue weighted by Crippen LogP contribution is 2.21. The van der Waals surface area contributed by atoms with Crippen LogP contribution in [0.25, 0.3) is 0 Å². The molecule has 3 aromatic carbocycles. The van der Waals surface area contributed by atoms with Crippen LogP contribution in [0.15, 0.2) is 83.8 Å². The molecule has 0 saturated carbocycles. The minimum Gasteiger partial charge on any atom is -0.325 e. The van der Waals surface area contributed by atoms with Gasteiger partial charge in [0.05, 0.1) is 5.75 Å². The maximum Gasteiger partial charge on any atom is 0.255 e. The van der Waals surface area contributed by atoms with E-state index in [-0.39, 0.29) is 11.8 Å². The normalized spacial score (nSPS) is 10.3. The first-order valence-electron chi connectivity index (χ1n) is 8.56. The summed E-state index contributed by atoms with van der Waals surface area (Å²) < 4.78 is 0. The number of carbonyl (C=O) groups is 2. The number of nitrogens with one attached hydrogen (secondary N) is 2. The standard InChI is InChI=1S/C22H20N2O2S/c1-16-7-5-6-10-20(16)22(26)24-18-11-13-19(14-12-18)27-15-21(25)23-17-8-3-2-4-9-17/h2-14H,15H2,1H3,(H,23,25)(H,24,26). The number of hydrogen-bond acceptors (Lipinski definition) is 3. The molecule has 0 aliphatic heterocycles. The quantitative estimate of drug-likeness (QED) is 0.597. The van der Waals surface area contributed by atoms with E-state index in [1.807, 2.05) is 79.7 Å². The molecule has 0 bridgehead atoms. The summed E-state index contributed by atoms with van der Waals surface area (Å²) in [6.45, 7) is 1.91. The average molecular weight is 376 g/mol. The Morgan fingerprint density at radius 1 is 0.778 bits per heavy atom. The molecule has 136 valence electrons. The molecule has 5 heteroatoms. The topological polar surface area (TPSA) is 58.2 Å². The van der Waals surface area contributed by atoms with Crippen molar-refractivity contribution in [3.05, 3.63) is 90.0 Å². The Morgan fingerprint density at radius 2 is 1.41 bits per heavy atom. The monoisotopic (exact) mass is 376 g/mol. The van der Waals surface area contributed by atoms with Crippen LogP contribution in [0.2, 0.25) is 0 Å². The first-order chi connectivity index (χ1) is 13.1. The van der Waals surface area contributed by atoms with E-state index in [0.717, 1.165) is 21.8 Å². The van der Waals surface area contributed by atoms with Crippen molar-refractivity contribution < 1.29 is 9.59 Å². The third-order valence-electron chi connectivity index (χ3n) is 3.93. The van der Waals surface area contributed by atoms with Crippen molar-refractivity contribution in [1.29, 1.82) is 0 Å². The van der Waals surface area contributed by atoms with Gasteiger partial charge in [0.1, 0.15) is 0 Å². The fourth-order valence-corrected chi connectivity index (χ4v) is 3.23. The Hall–Kier alpha value is -3.05. The number of para-hydroxylation sites is 1. The summed E-state index contributed by atoms with van der Waals surface area (Å²) in [5.74, 6) is 0.142. The predicted molar refractivity (Wildman–Crippen MR) is 111 cm³/mol. The summed E-state index contributed by atoms with van der Waals surface area (Å²) in [6.07, 6.45) is 0. The van der Waals surface area contributed by atoms with Gasteiger partial charge in [0.2, 0.25) is 5.91 Å². The van der Waals surface area contributed by atoms with Gasteiger partial charge in [-0.15, -0.1) is 11.8 Å². The zero-order valence-corrected chi connectivity index (χ0v) is 15.8. The molecule has 4 nitrogen and oxygen atoms in total. The first-order valence-corrected chi connectivity index (χ1v) is 9.55. The maximum absolute atomic E-state index is 12.3.